The molecule has 0 heterocycles. The third-order valence-electron chi connectivity index (χ3n) is 2.32. The number of hydrogen-bond donors (Lipinski definition) is 0. The van der Waals surface area contributed by atoms with Gasteiger partial charge in [-0.2, -0.15) is 5.26 Å². The van der Waals surface area contributed by atoms with Crippen LogP contribution in [0.5, 0.6) is 0 Å². The Bertz CT molecular complexity index is 318. The number of nitrogens with zero attached hydrogens (tertiary/aromatic N) is 2. The third-order valence-corrected chi connectivity index (χ3v) is 2.32. The van der Waals surface area contributed by atoms with E-state index in [1.54, 1.807) is 0 Å². The Balaban J connectivity index is 2.53. The maximum atomic E-state index is 8.63. The molecule has 0 fully saturated rings. The van der Waals surface area contributed by atoms with Crippen LogP contribution >= 0.6 is 0 Å². The quantitative estimate of drug-likeness (QED) is 0.659. The Morgan fingerprint density at radius 3 is 2.62 bits per heavy atom. The number of anilines is 1. The van der Waals surface area contributed by atoms with Crippen molar-refractivity contribution in [2.24, 2.45) is 0 Å². The van der Waals surface area contributed by atoms with E-state index in [0.717, 1.165) is 25.4 Å². The molecule has 0 atom stereocenters. The molecule has 0 aliphatic rings. The van der Waals surface area contributed by atoms with Gasteiger partial charge in [-0.1, -0.05) is 18.2 Å². The topological polar surface area (TPSA) is 36.3 Å². The van der Waals surface area contributed by atoms with Gasteiger partial charge in [-0.25, -0.2) is 0 Å². The van der Waals surface area contributed by atoms with Crippen LogP contribution in [0.25, 0.3) is 0 Å². The number of para-hydroxylation sites is 1. The van der Waals surface area contributed by atoms with Crippen LogP contribution < -0.4 is 4.90 Å². The third kappa shape index (κ3) is 4.33. The summed E-state index contributed by atoms with van der Waals surface area (Å²) in [6, 6.07) is 12.3. The van der Waals surface area contributed by atoms with Gasteiger partial charge in [0.05, 0.1) is 19.1 Å². The van der Waals surface area contributed by atoms with Crippen molar-refractivity contribution in [2.75, 3.05) is 31.2 Å². The zero-order valence-electron chi connectivity index (χ0n) is 9.72. The molecule has 0 radical (unpaired) electrons. The van der Waals surface area contributed by atoms with Crippen molar-refractivity contribution in [1.82, 2.24) is 0 Å². The van der Waals surface area contributed by atoms with Gasteiger partial charge >= 0.3 is 0 Å². The van der Waals surface area contributed by atoms with Gasteiger partial charge in [0.25, 0.3) is 0 Å². The van der Waals surface area contributed by atoms with E-state index in [0.29, 0.717) is 13.0 Å². The average Bonchev–Trinajstić information content (AvgIpc) is 2.35. The monoisotopic (exact) mass is 218 g/mol. The van der Waals surface area contributed by atoms with E-state index < -0.39 is 0 Å². The highest BCUT2D eigenvalue weighted by Crippen LogP contribution is 2.12. The fraction of sp³-hybridized carbons (Fsp3) is 0.462. The first kappa shape index (κ1) is 12.5. The predicted molar refractivity (Wildman–Crippen MR) is 65.4 cm³/mol. The van der Waals surface area contributed by atoms with E-state index in [1.807, 2.05) is 25.1 Å². The van der Waals surface area contributed by atoms with Crippen molar-refractivity contribution in [3.8, 4) is 6.07 Å². The molecule has 0 aromatic heterocycles. The van der Waals surface area contributed by atoms with Crippen molar-refractivity contribution in [2.45, 2.75) is 13.3 Å². The van der Waals surface area contributed by atoms with Crippen LogP contribution in [-0.4, -0.2) is 26.3 Å². The minimum absolute atomic E-state index is 0.543. The Kier molecular flexibility index (Phi) is 6.05. The van der Waals surface area contributed by atoms with Gasteiger partial charge < -0.3 is 9.64 Å². The van der Waals surface area contributed by atoms with Gasteiger partial charge in [-0.3, -0.25) is 0 Å². The molecule has 0 saturated heterocycles. The molecule has 86 valence electrons. The molecule has 3 heteroatoms. The first-order valence-electron chi connectivity index (χ1n) is 5.63. The first-order chi connectivity index (χ1) is 7.88. The van der Waals surface area contributed by atoms with Crippen LogP contribution in [0.15, 0.2) is 30.3 Å². The zero-order valence-corrected chi connectivity index (χ0v) is 9.72. The normalized spacial score (nSPS) is 9.75. The summed E-state index contributed by atoms with van der Waals surface area (Å²) in [4.78, 5) is 2.18. The molecule has 16 heavy (non-hydrogen) atoms. The lowest BCUT2D eigenvalue weighted by molar-refractivity contribution is 0.154. The van der Waals surface area contributed by atoms with Crippen molar-refractivity contribution < 1.29 is 4.74 Å². The molecule has 3 nitrogen and oxygen atoms in total. The van der Waals surface area contributed by atoms with Crippen LogP contribution in [-0.2, 0) is 4.74 Å². The largest absolute Gasteiger partial charge is 0.380 e. The molecular weight excluding hydrogens is 200 g/mol. The molecule has 0 aliphatic carbocycles. The number of nitriles is 1. The molecule has 0 N–H and O–H groups in total. The van der Waals surface area contributed by atoms with Crippen LogP contribution in [0.3, 0.4) is 0 Å². The van der Waals surface area contributed by atoms with Gasteiger partial charge in [0, 0.05) is 25.4 Å². The lowest BCUT2D eigenvalue weighted by Crippen LogP contribution is -2.28. The minimum atomic E-state index is 0.543. The molecule has 1 aromatic carbocycles. The second-order valence-corrected chi connectivity index (χ2v) is 3.43. The van der Waals surface area contributed by atoms with E-state index in [9.17, 15) is 0 Å². The number of hydrogen-bond acceptors (Lipinski definition) is 3. The number of benzene rings is 1. The molecule has 0 saturated carbocycles. The summed E-state index contributed by atoms with van der Waals surface area (Å²) in [5.41, 5.74) is 1.15. The summed E-state index contributed by atoms with van der Waals surface area (Å²) < 4.78 is 5.34. The van der Waals surface area contributed by atoms with Gasteiger partial charge in [0.1, 0.15) is 0 Å². The van der Waals surface area contributed by atoms with Gasteiger partial charge in [-0.15, -0.1) is 0 Å². The predicted octanol–water partition coefficient (Wildman–Crippen LogP) is 2.44. The molecule has 0 bridgehead atoms. The molecule has 1 rings (SSSR count). The standard InChI is InChI=1S/C13H18N2O/c1-2-16-12-11-15(10-6-9-14)13-7-4-3-5-8-13/h3-5,7-8H,2,6,10-12H2,1H3. The SMILES string of the molecule is CCOCCN(CCC#N)c1ccccc1. The maximum Gasteiger partial charge on any atom is 0.0641 e. The van der Waals surface area contributed by atoms with Crippen LogP contribution in [0.2, 0.25) is 0 Å². The fourth-order valence-corrected chi connectivity index (χ4v) is 1.51. The van der Waals surface area contributed by atoms with E-state index in [-0.39, 0.29) is 0 Å². The number of rotatable bonds is 7. The minimum Gasteiger partial charge on any atom is -0.380 e. The summed E-state index contributed by atoms with van der Waals surface area (Å²) in [5, 5.41) is 8.63. The van der Waals surface area contributed by atoms with Gasteiger partial charge in [0.15, 0.2) is 0 Å². The van der Waals surface area contributed by atoms with Crippen molar-refractivity contribution in [3.63, 3.8) is 0 Å². The van der Waals surface area contributed by atoms with Crippen LogP contribution in [0, 0.1) is 11.3 Å². The van der Waals surface area contributed by atoms with Gasteiger partial charge in [0.2, 0.25) is 0 Å². The fourth-order valence-electron chi connectivity index (χ4n) is 1.51. The van der Waals surface area contributed by atoms with Crippen LogP contribution in [0.4, 0.5) is 5.69 Å². The summed E-state index contributed by atoms with van der Waals surface area (Å²) in [6.45, 7) is 5.02. The van der Waals surface area contributed by atoms with Gasteiger partial charge in [-0.05, 0) is 19.1 Å². The smallest absolute Gasteiger partial charge is 0.0641 e. The average molecular weight is 218 g/mol. The first-order valence-corrected chi connectivity index (χ1v) is 5.63. The molecule has 0 aliphatic heterocycles. The summed E-state index contributed by atoms with van der Waals surface area (Å²) in [6.07, 6.45) is 0.543. The Morgan fingerprint density at radius 2 is 2.00 bits per heavy atom. The highest BCUT2D eigenvalue weighted by Gasteiger charge is 2.04. The molecule has 1 aromatic rings. The lowest BCUT2D eigenvalue weighted by atomic mass is 10.2. The summed E-state index contributed by atoms with van der Waals surface area (Å²) in [5.74, 6) is 0. The van der Waals surface area contributed by atoms with E-state index in [1.165, 1.54) is 0 Å². The van der Waals surface area contributed by atoms with E-state index >= 15 is 0 Å². The molecular formula is C13H18N2O. The van der Waals surface area contributed by atoms with Crippen molar-refractivity contribution >= 4 is 5.69 Å². The van der Waals surface area contributed by atoms with Crippen molar-refractivity contribution in [3.05, 3.63) is 30.3 Å². The Hall–Kier alpha value is -1.53. The number of ether oxygens (including phenoxy) is 1. The highest BCUT2D eigenvalue weighted by molar-refractivity contribution is 5.45. The second-order valence-electron chi connectivity index (χ2n) is 3.43. The van der Waals surface area contributed by atoms with E-state index in [4.69, 9.17) is 10.00 Å². The molecule has 0 unspecified atom stereocenters. The second kappa shape index (κ2) is 7.72. The summed E-state index contributed by atoms with van der Waals surface area (Å²) in [7, 11) is 0. The maximum absolute atomic E-state index is 8.63. The lowest BCUT2D eigenvalue weighted by Gasteiger charge is -2.23. The Labute approximate surface area is 97.3 Å². The molecule has 0 spiro atoms. The van der Waals surface area contributed by atoms with Crippen molar-refractivity contribution in [1.29, 1.82) is 5.26 Å². The Morgan fingerprint density at radius 1 is 1.25 bits per heavy atom. The summed E-state index contributed by atoms with van der Waals surface area (Å²) >= 11 is 0. The zero-order chi connectivity index (χ0) is 11.6. The van der Waals surface area contributed by atoms with Crippen LogP contribution in [0.1, 0.15) is 13.3 Å². The van der Waals surface area contributed by atoms with E-state index in [2.05, 4.69) is 23.1 Å². The highest BCUT2D eigenvalue weighted by atomic mass is 16.5. The molecule has 0 amide bonds.